The molecule has 1 unspecified atom stereocenters. The van der Waals surface area contributed by atoms with Gasteiger partial charge < -0.3 is 4.74 Å². The Morgan fingerprint density at radius 1 is 1.07 bits per heavy atom. The van der Waals surface area contributed by atoms with E-state index in [1.165, 1.54) is 24.8 Å². The predicted molar refractivity (Wildman–Crippen MR) is 119 cm³/mol. The number of allylic oxidation sites excluding steroid dienone is 2. The standard InChI is InChI=1S/C25H34N2O/c1-4-6-10-18-28-21(3)12-8-7-9-13-22-14-16-23(17-15-22)25-20-26-24(11-5-2)19-27-25/h5,9,13-17,19-21H,2,4,6-8,10-12,18H2,1,3H3/b13-9+. The molecule has 0 bridgehead atoms. The number of nitrogens with zero attached hydrogens (tertiary/aromatic N) is 2. The molecule has 0 amide bonds. The van der Waals surface area contributed by atoms with Gasteiger partial charge >= 0.3 is 0 Å². The molecule has 3 heteroatoms. The van der Waals surface area contributed by atoms with Crippen LogP contribution in [-0.2, 0) is 11.2 Å². The van der Waals surface area contributed by atoms with Crippen molar-refractivity contribution in [3.8, 4) is 11.3 Å². The van der Waals surface area contributed by atoms with Crippen LogP contribution in [0, 0.1) is 0 Å². The van der Waals surface area contributed by atoms with Gasteiger partial charge in [0.25, 0.3) is 0 Å². The summed E-state index contributed by atoms with van der Waals surface area (Å²) >= 11 is 0. The van der Waals surface area contributed by atoms with Gasteiger partial charge in [0.15, 0.2) is 0 Å². The van der Waals surface area contributed by atoms with Gasteiger partial charge in [-0.2, -0.15) is 0 Å². The van der Waals surface area contributed by atoms with Crippen LogP contribution in [0.3, 0.4) is 0 Å². The molecule has 28 heavy (non-hydrogen) atoms. The lowest BCUT2D eigenvalue weighted by molar-refractivity contribution is 0.0566. The van der Waals surface area contributed by atoms with E-state index in [1.807, 2.05) is 18.5 Å². The maximum Gasteiger partial charge on any atom is 0.0885 e. The van der Waals surface area contributed by atoms with E-state index < -0.39 is 0 Å². The highest BCUT2D eigenvalue weighted by Crippen LogP contribution is 2.18. The molecule has 0 radical (unpaired) electrons. The van der Waals surface area contributed by atoms with E-state index in [9.17, 15) is 0 Å². The number of aromatic nitrogens is 2. The van der Waals surface area contributed by atoms with Crippen molar-refractivity contribution in [2.45, 2.75) is 64.9 Å². The SMILES string of the molecule is C=CCc1cnc(-c2ccc(/C=C/CCCC(C)OCCCCC)cc2)cn1. The molecule has 1 aromatic carbocycles. The second kappa shape index (κ2) is 13.0. The number of unbranched alkanes of at least 4 members (excludes halogenated alkanes) is 3. The van der Waals surface area contributed by atoms with Gasteiger partial charge in [-0.25, -0.2) is 0 Å². The lowest BCUT2D eigenvalue weighted by atomic mass is 10.1. The molecule has 150 valence electrons. The molecule has 0 fully saturated rings. The fourth-order valence-electron chi connectivity index (χ4n) is 2.98. The van der Waals surface area contributed by atoms with E-state index in [2.05, 4.69) is 66.8 Å². The Hall–Kier alpha value is -2.26. The van der Waals surface area contributed by atoms with E-state index in [1.54, 1.807) is 0 Å². The van der Waals surface area contributed by atoms with Crippen LogP contribution in [0.2, 0.25) is 0 Å². The monoisotopic (exact) mass is 378 g/mol. The molecule has 1 atom stereocenters. The van der Waals surface area contributed by atoms with E-state index >= 15 is 0 Å². The van der Waals surface area contributed by atoms with Gasteiger partial charge in [-0.05, 0) is 38.2 Å². The minimum atomic E-state index is 0.364. The number of ether oxygens (including phenoxy) is 1. The van der Waals surface area contributed by atoms with Gasteiger partial charge in [0.05, 0.1) is 23.7 Å². The summed E-state index contributed by atoms with van der Waals surface area (Å²) < 4.78 is 5.85. The summed E-state index contributed by atoms with van der Waals surface area (Å²) in [5.41, 5.74) is 4.14. The van der Waals surface area contributed by atoms with Crippen LogP contribution >= 0.6 is 0 Å². The van der Waals surface area contributed by atoms with Gasteiger partial charge in [-0.15, -0.1) is 6.58 Å². The van der Waals surface area contributed by atoms with Crippen molar-refractivity contribution in [3.63, 3.8) is 0 Å². The first kappa shape index (κ1) is 22.0. The Morgan fingerprint density at radius 2 is 1.89 bits per heavy atom. The zero-order valence-corrected chi connectivity index (χ0v) is 17.4. The summed E-state index contributed by atoms with van der Waals surface area (Å²) in [7, 11) is 0. The van der Waals surface area contributed by atoms with E-state index in [0.717, 1.165) is 49.2 Å². The molecule has 1 aromatic heterocycles. The molecule has 0 aliphatic carbocycles. The van der Waals surface area contributed by atoms with Crippen LogP contribution in [0.5, 0.6) is 0 Å². The number of benzene rings is 1. The summed E-state index contributed by atoms with van der Waals surface area (Å²) in [5.74, 6) is 0. The molecule has 3 nitrogen and oxygen atoms in total. The lowest BCUT2D eigenvalue weighted by Crippen LogP contribution is -2.08. The van der Waals surface area contributed by atoms with E-state index in [-0.39, 0.29) is 0 Å². The van der Waals surface area contributed by atoms with Gasteiger partial charge in [-0.1, -0.05) is 62.3 Å². The smallest absolute Gasteiger partial charge is 0.0885 e. The molecule has 0 aliphatic rings. The zero-order valence-electron chi connectivity index (χ0n) is 17.4. The van der Waals surface area contributed by atoms with Crippen molar-refractivity contribution in [1.82, 2.24) is 9.97 Å². The Balaban J connectivity index is 1.72. The van der Waals surface area contributed by atoms with Crippen molar-refractivity contribution in [2.24, 2.45) is 0 Å². The summed E-state index contributed by atoms with van der Waals surface area (Å²) in [5, 5.41) is 0. The molecule has 0 spiro atoms. The van der Waals surface area contributed by atoms with Crippen molar-refractivity contribution < 1.29 is 4.74 Å². The maximum atomic E-state index is 5.85. The van der Waals surface area contributed by atoms with Crippen molar-refractivity contribution in [2.75, 3.05) is 6.61 Å². The first-order valence-electron chi connectivity index (χ1n) is 10.5. The van der Waals surface area contributed by atoms with Crippen molar-refractivity contribution in [3.05, 3.63) is 66.6 Å². The van der Waals surface area contributed by atoms with Gasteiger partial charge in [0.2, 0.25) is 0 Å². The van der Waals surface area contributed by atoms with E-state index in [4.69, 9.17) is 4.74 Å². The minimum absolute atomic E-state index is 0.364. The van der Waals surface area contributed by atoms with Crippen LogP contribution in [0.1, 0.15) is 63.6 Å². The van der Waals surface area contributed by atoms with Crippen molar-refractivity contribution in [1.29, 1.82) is 0 Å². The second-order valence-corrected chi connectivity index (χ2v) is 7.23. The third-order valence-electron chi connectivity index (χ3n) is 4.71. The number of hydrogen-bond donors (Lipinski definition) is 0. The predicted octanol–water partition coefficient (Wildman–Crippen LogP) is 6.65. The van der Waals surface area contributed by atoms with Gasteiger partial charge in [0.1, 0.15) is 0 Å². The summed E-state index contributed by atoms with van der Waals surface area (Å²) in [6.45, 7) is 9.03. The Labute approximate surface area is 170 Å². The Morgan fingerprint density at radius 3 is 2.57 bits per heavy atom. The highest BCUT2D eigenvalue weighted by Gasteiger charge is 2.02. The maximum absolute atomic E-state index is 5.85. The highest BCUT2D eigenvalue weighted by molar-refractivity contribution is 5.61. The van der Waals surface area contributed by atoms with Gasteiger partial charge in [-0.3, -0.25) is 9.97 Å². The first-order valence-corrected chi connectivity index (χ1v) is 10.5. The number of rotatable bonds is 13. The fourth-order valence-corrected chi connectivity index (χ4v) is 2.98. The molecule has 0 N–H and O–H groups in total. The van der Waals surface area contributed by atoms with Crippen LogP contribution in [0.15, 0.2) is 55.4 Å². The molecular weight excluding hydrogens is 344 g/mol. The minimum Gasteiger partial charge on any atom is -0.379 e. The van der Waals surface area contributed by atoms with Crippen LogP contribution in [-0.4, -0.2) is 22.7 Å². The normalized spacial score (nSPS) is 12.4. The molecule has 0 saturated carbocycles. The van der Waals surface area contributed by atoms with Crippen LogP contribution in [0.25, 0.3) is 17.3 Å². The average Bonchev–Trinajstić information content (AvgIpc) is 2.72. The summed E-state index contributed by atoms with van der Waals surface area (Å²) in [6.07, 6.45) is 18.1. The molecule has 0 saturated heterocycles. The molecular formula is C25H34N2O. The highest BCUT2D eigenvalue weighted by atomic mass is 16.5. The molecule has 1 heterocycles. The van der Waals surface area contributed by atoms with E-state index in [0.29, 0.717) is 6.10 Å². The molecule has 0 aliphatic heterocycles. The summed E-state index contributed by atoms with van der Waals surface area (Å²) in [4.78, 5) is 8.91. The largest absolute Gasteiger partial charge is 0.379 e. The summed E-state index contributed by atoms with van der Waals surface area (Å²) in [6, 6.07) is 8.46. The topological polar surface area (TPSA) is 35.0 Å². The zero-order chi connectivity index (χ0) is 20.0. The lowest BCUT2D eigenvalue weighted by Gasteiger charge is -2.11. The second-order valence-electron chi connectivity index (χ2n) is 7.23. The number of hydrogen-bond acceptors (Lipinski definition) is 3. The third-order valence-corrected chi connectivity index (χ3v) is 4.71. The third kappa shape index (κ3) is 8.18. The quantitative estimate of drug-likeness (QED) is 0.289. The fraction of sp³-hybridized carbons (Fsp3) is 0.440. The van der Waals surface area contributed by atoms with Crippen LogP contribution in [0.4, 0.5) is 0 Å². The molecule has 2 aromatic rings. The Bertz CT molecular complexity index is 704. The average molecular weight is 379 g/mol. The van der Waals surface area contributed by atoms with Crippen LogP contribution < -0.4 is 0 Å². The van der Waals surface area contributed by atoms with Crippen molar-refractivity contribution >= 4 is 6.08 Å². The molecule has 2 rings (SSSR count). The Kier molecular flexibility index (Phi) is 10.2. The van der Waals surface area contributed by atoms with Gasteiger partial charge in [0, 0.05) is 24.8 Å². The first-order chi connectivity index (χ1) is 13.7.